The van der Waals surface area contributed by atoms with Gasteiger partial charge in [0.2, 0.25) is 0 Å². The van der Waals surface area contributed by atoms with E-state index in [9.17, 15) is 0 Å². The van der Waals surface area contributed by atoms with Crippen LogP contribution >= 0.6 is 0 Å². The molecular formula is C12H19NO2. The molecule has 2 N–H and O–H groups in total. The Labute approximate surface area is 91.2 Å². The van der Waals surface area contributed by atoms with E-state index in [4.69, 9.17) is 15.2 Å². The van der Waals surface area contributed by atoms with Gasteiger partial charge >= 0.3 is 0 Å². The minimum absolute atomic E-state index is 0.119. The van der Waals surface area contributed by atoms with Crippen LogP contribution in [0.4, 0.5) is 5.69 Å². The third-order valence-electron chi connectivity index (χ3n) is 1.79. The number of para-hydroxylation sites is 2. The molecule has 3 nitrogen and oxygen atoms in total. The van der Waals surface area contributed by atoms with Gasteiger partial charge < -0.3 is 15.2 Å². The van der Waals surface area contributed by atoms with Crippen LogP contribution < -0.4 is 10.5 Å². The zero-order valence-electron chi connectivity index (χ0n) is 9.62. The molecule has 0 saturated carbocycles. The maximum Gasteiger partial charge on any atom is 0.142 e. The monoisotopic (exact) mass is 209 g/mol. The van der Waals surface area contributed by atoms with Crippen molar-refractivity contribution in [2.24, 2.45) is 0 Å². The van der Waals surface area contributed by atoms with E-state index in [0.29, 0.717) is 18.9 Å². The molecule has 15 heavy (non-hydrogen) atoms. The fourth-order valence-electron chi connectivity index (χ4n) is 1.11. The summed E-state index contributed by atoms with van der Waals surface area (Å²) in [5.41, 5.74) is 6.26. The normalized spacial score (nSPS) is 11.4. The Morgan fingerprint density at radius 3 is 2.40 bits per heavy atom. The summed E-state index contributed by atoms with van der Waals surface area (Å²) in [6.45, 7) is 7.14. The largest absolute Gasteiger partial charge is 0.489 e. The Morgan fingerprint density at radius 2 is 1.80 bits per heavy atom. The van der Waals surface area contributed by atoms with Crippen LogP contribution in [0.3, 0.4) is 0 Å². The van der Waals surface area contributed by atoms with Crippen LogP contribution in [0, 0.1) is 0 Å². The lowest BCUT2D eigenvalue weighted by molar-refractivity contribution is -0.0162. The second-order valence-electron chi connectivity index (χ2n) is 4.35. The van der Waals surface area contributed by atoms with Crippen molar-refractivity contribution in [3.8, 4) is 5.75 Å². The summed E-state index contributed by atoms with van der Waals surface area (Å²) in [5.74, 6) is 0.718. The van der Waals surface area contributed by atoms with E-state index in [0.717, 1.165) is 5.75 Å². The molecule has 0 radical (unpaired) electrons. The van der Waals surface area contributed by atoms with Crippen molar-refractivity contribution in [3.05, 3.63) is 24.3 Å². The molecule has 84 valence electrons. The third-order valence-corrected chi connectivity index (χ3v) is 1.79. The number of nitrogens with two attached hydrogens (primary N) is 1. The molecule has 0 heterocycles. The van der Waals surface area contributed by atoms with Crippen LogP contribution in [0.25, 0.3) is 0 Å². The molecule has 1 rings (SSSR count). The first-order valence-electron chi connectivity index (χ1n) is 5.10. The molecule has 0 spiro atoms. The number of rotatable bonds is 4. The summed E-state index contributed by atoms with van der Waals surface area (Å²) in [6, 6.07) is 7.45. The number of ether oxygens (including phenoxy) is 2. The number of benzene rings is 1. The molecule has 0 aromatic heterocycles. The minimum atomic E-state index is -0.119. The van der Waals surface area contributed by atoms with Gasteiger partial charge in [0.05, 0.1) is 17.9 Å². The molecule has 0 aliphatic heterocycles. The van der Waals surface area contributed by atoms with Gasteiger partial charge in [-0.05, 0) is 32.9 Å². The van der Waals surface area contributed by atoms with Gasteiger partial charge in [0, 0.05) is 0 Å². The van der Waals surface area contributed by atoms with E-state index < -0.39 is 0 Å². The fourth-order valence-corrected chi connectivity index (χ4v) is 1.11. The van der Waals surface area contributed by atoms with E-state index in [-0.39, 0.29) is 5.60 Å². The Kier molecular flexibility index (Phi) is 3.97. The molecule has 1 aromatic rings. The Morgan fingerprint density at radius 1 is 1.13 bits per heavy atom. The fraction of sp³-hybridized carbons (Fsp3) is 0.500. The van der Waals surface area contributed by atoms with Crippen molar-refractivity contribution < 1.29 is 9.47 Å². The third kappa shape index (κ3) is 4.70. The van der Waals surface area contributed by atoms with Crippen molar-refractivity contribution >= 4 is 5.69 Å². The van der Waals surface area contributed by atoms with Gasteiger partial charge in [-0.2, -0.15) is 0 Å². The topological polar surface area (TPSA) is 44.5 Å². The molecule has 1 aromatic carbocycles. The van der Waals surface area contributed by atoms with Gasteiger partial charge in [-0.1, -0.05) is 12.1 Å². The van der Waals surface area contributed by atoms with Crippen LogP contribution in [0.1, 0.15) is 20.8 Å². The second-order valence-corrected chi connectivity index (χ2v) is 4.35. The van der Waals surface area contributed by atoms with Gasteiger partial charge in [0.25, 0.3) is 0 Å². The highest BCUT2D eigenvalue weighted by molar-refractivity contribution is 5.51. The van der Waals surface area contributed by atoms with Crippen LogP contribution in [0.2, 0.25) is 0 Å². The van der Waals surface area contributed by atoms with Crippen molar-refractivity contribution in [3.63, 3.8) is 0 Å². The minimum Gasteiger partial charge on any atom is -0.489 e. The summed E-state index contributed by atoms with van der Waals surface area (Å²) >= 11 is 0. The summed E-state index contributed by atoms with van der Waals surface area (Å²) in [5, 5.41) is 0. The van der Waals surface area contributed by atoms with Crippen LogP contribution in [0.15, 0.2) is 24.3 Å². The summed E-state index contributed by atoms with van der Waals surface area (Å²) in [4.78, 5) is 0. The lowest BCUT2D eigenvalue weighted by Gasteiger charge is -2.19. The van der Waals surface area contributed by atoms with Crippen LogP contribution in [-0.4, -0.2) is 18.8 Å². The van der Waals surface area contributed by atoms with E-state index in [1.54, 1.807) is 0 Å². The average molecular weight is 209 g/mol. The molecule has 0 aliphatic rings. The van der Waals surface area contributed by atoms with Crippen LogP contribution in [-0.2, 0) is 4.74 Å². The number of hydrogen-bond donors (Lipinski definition) is 1. The van der Waals surface area contributed by atoms with Gasteiger partial charge in [-0.3, -0.25) is 0 Å². The van der Waals surface area contributed by atoms with Crippen molar-refractivity contribution in [2.75, 3.05) is 18.9 Å². The first-order valence-corrected chi connectivity index (χ1v) is 5.10. The summed E-state index contributed by atoms with van der Waals surface area (Å²) < 4.78 is 11.0. The van der Waals surface area contributed by atoms with Crippen molar-refractivity contribution in [1.29, 1.82) is 0 Å². The molecular weight excluding hydrogens is 190 g/mol. The van der Waals surface area contributed by atoms with E-state index in [1.165, 1.54) is 0 Å². The zero-order chi connectivity index (χ0) is 11.3. The Bertz CT molecular complexity index is 305. The highest BCUT2D eigenvalue weighted by atomic mass is 16.5. The van der Waals surface area contributed by atoms with E-state index in [1.807, 2.05) is 45.0 Å². The Hall–Kier alpha value is -1.22. The predicted molar refractivity (Wildman–Crippen MR) is 62.1 cm³/mol. The zero-order valence-corrected chi connectivity index (χ0v) is 9.62. The van der Waals surface area contributed by atoms with Crippen molar-refractivity contribution in [2.45, 2.75) is 26.4 Å². The molecule has 0 atom stereocenters. The van der Waals surface area contributed by atoms with Gasteiger partial charge in [-0.25, -0.2) is 0 Å². The van der Waals surface area contributed by atoms with Gasteiger partial charge in [0.15, 0.2) is 0 Å². The van der Waals surface area contributed by atoms with Gasteiger partial charge in [-0.15, -0.1) is 0 Å². The molecule has 3 heteroatoms. The lowest BCUT2D eigenvalue weighted by Crippen LogP contribution is -2.22. The Balaban J connectivity index is 2.30. The number of anilines is 1. The molecule has 0 amide bonds. The second kappa shape index (κ2) is 5.03. The highest BCUT2D eigenvalue weighted by Gasteiger charge is 2.09. The lowest BCUT2D eigenvalue weighted by atomic mass is 10.2. The quantitative estimate of drug-likeness (QED) is 0.612. The van der Waals surface area contributed by atoms with Gasteiger partial charge in [0.1, 0.15) is 12.4 Å². The molecule has 0 unspecified atom stereocenters. The molecule has 0 aliphatic carbocycles. The number of hydrogen-bond acceptors (Lipinski definition) is 3. The van der Waals surface area contributed by atoms with E-state index >= 15 is 0 Å². The van der Waals surface area contributed by atoms with E-state index in [2.05, 4.69) is 0 Å². The van der Waals surface area contributed by atoms with Crippen molar-refractivity contribution in [1.82, 2.24) is 0 Å². The molecule has 0 saturated heterocycles. The average Bonchev–Trinajstić information content (AvgIpc) is 2.13. The van der Waals surface area contributed by atoms with Crippen LogP contribution in [0.5, 0.6) is 5.75 Å². The summed E-state index contributed by atoms with van der Waals surface area (Å²) in [6.07, 6.45) is 0. The SMILES string of the molecule is CC(C)(C)OCCOc1ccccc1N. The standard InChI is InChI=1S/C12H19NO2/c1-12(2,3)15-9-8-14-11-7-5-4-6-10(11)13/h4-7H,8-9,13H2,1-3H3. The highest BCUT2D eigenvalue weighted by Crippen LogP contribution is 2.19. The maximum atomic E-state index is 5.72. The predicted octanol–water partition coefficient (Wildman–Crippen LogP) is 2.46. The smallest absolute Gasteiger partial charge is 0.142 e. The first-order chi connectivity index (χ1) is 6.99. The molecule has 0 bridgehead atoms. The first kappa shape index (κ1) is 11.9. The summed E-state index contributed by atoms with van der Waals surface area (Å²) in [7, 11) is 0. The molecule has 0 fully saturated rings. The number of nitrogen functional groups attached to an aromatic ring is 1. The maximum absolute atomic E-state index is 5.72.